The van der Waals surface area contributed by atoms with E-state index < -0.39 is 0 Å². The van der Waals surface area contributed by atoms with Crippen LogP contribution in [0.4, 0.5) is 4.39 Å². The second kappa shape index (κ2) is 9.32. The lowest BCUT2D eigenvalue weighted by Crippen LogP contribution is -2.25. The predicted molar refractivity (Wildman–Crippen MR) is 123 cm³/mol. The Labute approximate surface area is 186 Å². The average molecular weight is 434 g/mol. The van der Waals surface area contributed by atoms with Gasteiger partial charge in [-0.2, -0.15) is 0 Å². The van der Waals surface area contributed by atoms with Crippen LogP contribution in [-0.2, 0) is 13.1 Å². The number of aromatic nitrogens is 4. The lowest BCUT2D eigenvalue weighted by Gasteiger charge is -2.16. The first kappa shape index (κ1) is 21.1. The molecule has 4 rings (SSSR count). The number of nitrogens with zero attached hydrogens (tertiary/aromatic N) is 5. The maximum atomic E-state index is 14.6. The molecular weight excluding hydrogens is 409 g/mol. The molecule has 0 N–H and O–H groups in total. The van der Waals surface area contributed by atoms with Crippen molar-refractivity contribution >= 4 is 12.2 Å². The fourth-order valence-corrected chi connectivity index (χ4v) is 3.68. The molecule has 2 heterocycles. The van der Waals surface area contributed by atoms with Crippen LogP contribution in [0.25, 0.3) is 17.1 Å². The Morgan fingerprint density at radius 1 is 1.00 bits per heavy atom. The van der Waals surface area contributed by atoms with E-state index in [9.17, 15) is 4.39 Å². The Kier molecular flexibility index (Phi) is 6.34. The Hall–Kier alpha value is -3.16. The van der Waals surface area contributed by atoms with Crippen LogP contribution < -0.4 is 0 Å². The van der Waals surface area contributed by atoms with Gasteiger partial charge in [-0.25, -0.2) is 9.07 Å². The van der Waals surface area contributed by atoms with Gasteiger partial charge in [0.25, 0.3) is 0 Å². The van der Waals surface area contributed by atoms with Crippen LogP contribution in [0.15, 0.2) is 72.9 Å². The zero-order valence-electron chi connectivity index (χ0n) is 17.6. The molecule has 158 valence electrons. The van der Waals surface area contributed by atoms with Crippen LogP contribution in [0, 0.1) is 17.5 Å². The molecule has 0 aliphatic carbocycles. The Balaban J connectivity index is 1.67. The van der Waals surface area contributed by atoms with Gasteiger partial charge in [-0.15, -0.1) is 5.10 Å². The van der Waals surface area contributed by atoms with E-state index in [1.54, 1.807) is 29.1 Å². The molecule has 5 nitrogen and oxygen atoms in total. The van der Waals surface area contributed by atoms with Crippen LogP contribution in [0.5, 0.6) is 0 Å². The average Bonchev–Trinajstić information content (AvgIpc) is 3.09. The van der Waals surface area contributed by atoms with Crippen molar-refractivity contribution in [2.45, 2.75) is 20.0 Å². The van der Waals surface area contributed by atoms with Gasteiger partial charge < -0.3 is 0 Å². The van der Waals surface area contributed by atoms with Gasteiger partial charge in [0, 0.05) is 30.5 Å². The molecule has 31 heavy (non-hydrogen) atoms. The second-order valence-corrected chi connectivity index (χ2v) is 7.91. The first-order valence-corrected chi connectivity index (χ1v) is 10.5. The normalized spacial score (nSPS) is 11.2. The summed E-state index contributed by atoms with van der Waals surface area (Å²) in [6.45, 7) is 3.32. The van der Waals surface area contributed by atoms with Crippen molar-refractivity contribution in [3.8, 4) is 17.1 Å². The minimum atomic E-state index is -0.327. The van der Waals surface area contributed by atoms with Gasteiger partial charge in [-0.3, -0.25) is 14.5 Å². The number of benzene rings is 2. The third-order valence-corrected chi connectivity index (χ3v) is 5.49. The molecule has 0 atom stereocenters. The van der Waals surface area contributed by atoms with Gasteiger partial charge >= 0.3 is 0 Å². The fraction of sp³-hybridized carbons (Fsp3) is 0.208. The third-order valence-electron chi connectivity index (χ3n) is 5.10. The topological polar surface area (TPSA) is 38.9 Å². The molecule has 4 aromatic rings. The molecule has 0 saturated heterocycles. The fourth-order valence-electron chi connectivity index (χ4n) is 3.39. The molecule has 0 bridgehead atoms. The zero-order valence-corrected chi connectivity index (χ0v) is 18.4. The summed E-state index contributed by atoms with van der Waals surface area (Å²) in [6.07, 6.45) is 2.62. The van der Waals surface area contributed by atoms with E-state index in [-0.39, 0.29) is 5.82 Å². The predicted octanol–water partition coefficient (Wildman–Crippen LogP) is 5.04. The van der Waals surface area contributed by atoms with Gasteiger partial charge in [-0.1, -0.05) is 35.9 Å². The van der Waals surface area contributed by atoms with Crippen LogP contribution in [-0.4, -0.2) is 37.8 Å². The van der Waals surface area contributed by atoms with Crippen molar-refractivity contribution in [2.24, 2.45) is 0 Å². The molecule has 0 saturated carbocycles. The largest absolute Gasteiger partial charge is 0.287 e. The quantitative estimate of drug-likeness (QED) is 0.383. The number of hydrogen-bond acceptors (Lipinski definition) is 4. The molecule has 0 aliphatic rings. The van der Waals surface area contributed by atoms with E-state index in [1.165, 1.54) is 6.07 Å². The maximum absolute atomic E-state index is 14.6. The SMILES string of the molecule is Cc1ccc(-n2c(-c3ccccc3F)nn(CN(C)CCc3ccccn3)c2=S)cc1. The lowest BCUT2D eigenvalue weighted by atomic mass is 10.2. The van der Waals surface area contributed by atoms with Gasteiger partial charge in [0.05, 0.1) is 12.2 Å². The molecule has 2 aromatic carbocycles. The molecule has 0 aliphatic heterocycles. The molecule has 0 unspecified atom stereocenters. The van der Waals surface area contributed by atoms with Gasteiger partial charge in [0.15, 0.2) is 5.82 Å². The molecular formula is C24H24FN5S. The Morgan fingerprint density at radius 2 is 1.74 bits per heavy atom. The van der Waals surface area contributed by atoms with E-state index in [0.717, 1.165) is 29.9 Å². The summed E-state index contributed by atoms with van der Waals surface area (Å²) in [7, 11) is 2.01. The number of pyridine rings is 1. The highest BCUT2D eigenvalue weighted by molar-refractivity contribution is 7.71. The van der Waals surface area contributed by atoms with Crippen molar-refractivity contribution in [2.75, 3.05) is 13.6 Å². The summed E-state index contributed by atoms with van der Waals surface area (Å²) in [6, 6.07) is 20.5. The van der Waals surface area contributed by atoms with E-state index in [4.69, 9.17) is 17.3 Å². The highest BCUT2D eigenvalue weighted by Gasteiger charge is 2.18. The lowest BCUT2D eigenvalue weighted by molar-refractivity contribution is 0.254. The standard InChI is InChI=1S/C24H24FN5S/c1-18-10-12-20(13-11-18)30-23(21-8-3-4-9-22(21)25)27-29(24(30)31)17-28(2)16-14-19-7-5-6-15-26-19/h3-13,15H,14,16-17H2,1-2H3. The minimum absolute atomic E-state index is 0.327. The minimum Gasteiger partial charge on any atom is -0.287 e. The van der Waals surface area contributed by atoms with E-state index in [0.29, 0.717) is 22.8 Å². The van der Waals surface area contributed by atoms with Crippen LogP contribution in [0.2, 0.25) is 0 Å². The van der Waals surface area contributed by atoms with Crippen molar-refractivity contribution in [3.05, 3.63) is 94.8 Å². The summed E-state index contributed by atoms with van der Waals surface area (Å²) in [5, 5.41) is 4.71. The first-order valence-electron chi connectivity index (χ1n) is 10.1. The summed E-state index contributed by atoms with van der Waals surface area (Å²) < 4.78 is 18.7. The Morgan fingerprint density at radius 3 is 2.45 bits per heavy atom. The van der Waals surface area contributed by atoms with E-state index in [2.05, 4.69) is 9.88 Å². The molecule has 0 spiro atoms. The number of halogens is 1. The molecule has 0 radical (unpaired) electrons. The second-order valence-electron chi connectivity index (χ2n) is 7.55. The monoisotopic (exact) mass is 433 g/mol. The van der Waals surface area contributed by atoms with Gasteiger partial charge in [-0.05, 0) is 62.6 Å². The number of rotatable bonds is 7. The first-order chi connectivity index (χ1) is 15.0. The smallest absolute Gasteiger partial charge is 0.204 e. The van der Waals surface area contributed by atoms with Gasteiger partial charge in [0.1, 0.15) is 5.82 Å². The summed E-state index contributed by atoms with van der Waals surface area (Å²) >= 11 is 5.77. The van der Waals surface area contributed by atoms with Crippen LogP contribution in [0.3, 0.4) is 0 Å². The van der Waals surface area contributed by atoms with E-state index in [1.807, 2.05) is 61.0 Å². The zero-order chi connectivity index (χ0) is 21.8. The van der Waals surface area contributed by atoms with Crippen molar-refractivity contribution in [1.29, 1.82) is 0 Å². The highest BCUT2D eigenvalue weighted by Crippen LogP contribution is 2.25. The molecule has 0 amide bonds. The number of aryl methyl sites for hydroxylation is 1. The van der Waals surface area contributed by atoms with Gasteiger partial charge in [0.2, 0.25) is 4.77 Å². The summed E-state index contributed by atoms with van der Waals surface area (Å²) in [5.74, 6) is 0.164. The van der Waals surface area contributed by atoms with Crippen molar-refractivity contribution < 1.29 is 4.39 Å². The van der Waals surface area contributed by atoms with Crippen molar-refractivity contribution in [3.63, 3.8) is 0 Å². The van der Waals surface area contributed by atoms with Crippen molar-refractivity contribution in [1.82, 2.24) is 24.2 Å². The third kappa shape index (κ3) is 4.78. The Bertz CT molecular complexity index is 1210. The molecule has 7 heteroatoms. The summed E-state index contributed by atoms with van der Waals surface area (Å²) in [4.78, 5) is 6.50. The van der Waals surface area contributed by atoms with E-state index >= 15 is 0 Å². The maximum Gasteiger partial charge on any atom is 0.204 e. The molecule has 2 aromatic heterocycles. The van der Waals surface area contributed by atoms with Crippen LogP contribution >= 0.6 is 12.2 Å². The molecule has 0 fully saturated rings. The van der Waals surface area contributed by atoms with Crippen LogP contribution in [0.1, 0.15) is 11.3 Å². The number of likely N-dealkylation sites (N-methyl/N-ethyl adjacent to an activating group) is 1. The number of hydrogen-bond donors (Lipinski definition) is 0. The summed E-state index contributed by atoms with van der Waals surface area (Å²) in [5.41, 5.74) is 3.46. The highest BCUT2D eigenvalue weighted by atomic mass is 32.1.